The Hall–Kier alpha value is -1.56. The normalized spacial score (nSPS) is 13.0. The van der Waals surface area contributed by atoms with Crippen LogP contribution >= 0.6 is 0 Å². The summed E-state index contributed by atoms with van der Waals surface area (Å²) >= 11 is 0. The largest absolute Gasteiger partial charge is 0.409 e. The molecule has 0 amide bonds. The van der Waals surface area contributed by atoms with E-state index >= 15 is 0 Å². The molecule has 1 rings (SSSR count). The lowest BCUT2D eigenvalue weighted by Gasteiger charge is -2.07. The molecule has 5 nitrogen and oxygen atoms in total. The topological polar surface area (TPSA) is 92.8 Å². The fraction of sp³-hybridized carbons (Fsp3) is 0.364. The summed E-state index contributed by atoms with van der Waals surface area (Å²) in [5, 5.41) is 11.0. The van der Waals surface area contributed by atoms with Crippen LogP contribution in [0.4, 0.5) is 0 Å². The van der Waals surface area contributed by atoms with E-state index in [0.29, 0.717) is 5.92 Å². The quantitative estimate of drug-likeness (QED) is 0.368. The van der Waals surface area contributed by atoms with Crippen LogP contribution in [0.25, 0.3) is 0 Å². The van der Waals surface area contributed by atoms with Gasteiger partial charge in [-0.15, -0.1) is 0 Å². The molecule has 0 radical (unpaired) electrons. The molecule has 17 heavy (non-hydrogen) atoms. The van der Waals surface area contributed by atoms with Gasteiger partial charge in [0.15, 0.2) is 15.7 Å². The van der Waals surface area contributed by atoms with Crippen LogP contribution in [0, 0.1) is 0 Å². The second-order valence-electron chi connectivity index (χ2n) is 4.07. The van der Waals surface area contributed by atoms with E-state index < -0.39 is 15.6 Å². The molecule has 94 valence electrons. The van der Waals surface area contributed by atoms with E-state index in [1.54, 1.807) is 12.1 Å². The predicted molar refractivity (Wildman–Crippen MR) is 66.0 cm³/mol. The minimum Gasteiger partial charge on any atom is -0.409 e. The van der Waals surface area contributed by atoms with E-state index in [4.69, 9.17) is 10.9 Å². The summed E-state index contributed by atoms with van der Waals surface area (Å²) in [6, 6.07) is 6.61. The van der Waals surface area contributed by atoms with E-state index in [1.807, 2.05) is 13.8 Å². The number of amidine groups is 1. The van der Waals surface area contributed by atoms with E-state index in [2.05, 4.69) is 5.16 Å². The van der Waals surface area contributed by atoms with Crippen molar-refractivity contribution in [3.63, 3.8) is 0 Å². The maximum atomic E-state index is 11.8. The SMILES string of the molecule is CC(C)c1ccc(S(=O)(=O)CC(N)=NO)cc1. The van der Waals surface area contributed by atoms with Crippen LogP contribution < -0.4 is 5.73 Å². The van der Waals surface area contributed by atoms with Gasteiger partial charge in [0.2, 0.25) is 0 Å². The molecule has 1 aromatic rings. The van der Waals surface area contributed by atoms with Crippen molar-refractivity contribution in [2.45, 2.75) is 24.7 Å². The fourth-order valence-corrected chi connectivity index (χ4v) is 2.53. The van der Waals surface area contributed by atoms with Crippen molar-refractivity contribution in [3.05, 3.63) is 29.8 Å². The molecule has 0 saturated carbocycles. The van der Waals surface area contributed by atoms with Gasteiger partial charge in [-0.2, -0.15) is 0 Å². The number of hydrogen-bond acceptors (Lipinski definition) is 4. The molecule has 0 fully saturated rings. The third kappa shape index (κ3) is 3.45. The molecule has 0 aromatic heterocycles. The molecule has 0 unspecified atom stereocenters. The van der Waals surface area contributed by atoms with Gasteiger partial charge >= 0.3 is 0 Å². The lowest BCUT2D eigenvalue weighted by molar-refractivity contribution is 0.318. The second-order valence-corrected chi connectivity index (χ2v) is 6.06. The lowest BCUT2D eigenvalue weighted by Crippen LogP contribution is -2.23. The van der Waals surface area contributed by atoms with Gasteiger partial charge in [0, 0.05) is 0 Å². The first-order valence-electron chi connectivity index (χ1n) is 5.16. The van der Waals surface area contributed by atoms with Crippen molar-refractivity contribution < 1.29 is 13.6 Å². The highest BCUT2D eigenvalue weighted by molar-refractivity contribution is 7.92. The Morgan fingerprint density at radius 2 is 1.88 bits per heavy atom. The molecule has 0 bridgehead atoms. The van der Waals surface area contributed by atoms with Gasteiger partial charge in [-0.05, 0) is 23.6 Å². The molecule has 0 saturated heterocycles. The summed E-state index contributed by atoms with van der Waals surface area (Å²) in [6.07, 6.45) is 0. The molecule has 0 aliphatic rings. The second kappa shape index (κ2) is 5.18. The van der Waals surface area contributed by atoms with Gasteiger partial charge in [0.05, 0.1) is 4.90 Å². The standard InChI is InChI=1S/C11H16N2O3S/c1-8(2)9-3-5-10(6-4-9)17(15,16)7-11(12)13-14/h3-6,8,14H,7H2,1-2H3,(H2,12,13). The highest BCUT2D eigenvalue weighted by Gasteiger charge is 2.16. The van der Waals surface area contributed by atoms with Gasteiger partial charge in [-0.3, -0.25) is 0 Å². The lowest BCUT2D eigenvalue weighted by atomic mass is 10.0. The molecule has 0 atom stereocenters. The zero-order valence-electron chi connectivity index (χ0n) is 9.79. The summed E-state index contributed by atoms with van der Waals surface area (Å²) in [5.41, 5.74) is 6.26. The average Bonchev–Trinajstić information content (AvgIpc) is 2.28. The number of oxime groups is 1. The Morgan fingerprint density at radius 3 is 2.29 bits per heavy atom. The van der Waals surface area contributed by atoms with Crippen LogP contribution in [0.5, 0.6) is 0 Å². The Bertz CT molecular complexity index is 504. The Morgan fingerprint density at radius 1 is 1.35 bits per heavy atom. The molecule has 0 aliphatic heterocycles. The number of benzene rings is 1. The van der Waals surface area contributed by atoms with Crippen molar-refractivity contribution in [3.8, 4) is 0 Å². The zero-order chi connectivity index (χ0) is 13.1. The molecule has 6 heteroatoms. The number of nitrogens with two attached hydrogens (primary N) is 1. The van der Waals surface area contributed by atoms with Crippen LogP contribution in [-0.4, -0.2) is 25.2 Å². The van der Waals surface area contributed by atoms with E-state index in [1.165, 1.54) is 12.1 Å². The van der Waals surface area contributed by atoms with Gasteiger partial charge in [0.1, 0.15) is 5.75 Å². The van der Waals surface area contributed by atoms with Crippen molar-refractivity contribution >= 4 is 15.7 Å². The zero-order valence-corrected chi connectivity index (χ0v) is 10.6. The number of nitrogens with zero attached hydrogens (tertiary/aromatic N) is 1. The molecule has 0 aliphatic carbocycles. The molecule has 3 N–H and O–H groups in total. The van der Waals surface area contributed by atoms with Gasteiger partial charge < -0.3 is 10.9 Å². The third-order valence-electron chi connectivity index (χ3n) is 2.37. The van der Waals surface area contributed by atoms with E-state index in [9.17, 15) is 8.42 Å². The summed E-state index contributed by atoms with van der Waals surface area (Å²) in [6.45, 7) is 4.06. The van der Waals surface area contributed by atoms with Crippen LogP contribution in [-0.2, 0) is 9.84 Å². The smallest absolute Gasteiger partial charge is 0.185 e. The van der Waals surface area contributed by atoms with E-state index in [0.717, 1.165) is 5.56 Å². The minimum absolute atomic E-state index is 0.175. The average molecular weight is 256 g/mol. The third-order valence-corrected chi connectivity index (χ3v) is 4.04. The van der Waals surface area contributed by atoms with Crippen LogP contribution in [0.1, 0.15) is 25.3 Å². The van der Waals surface area contributed by atoms with Crippen LogP contribution in [0.15, 0.2) is 34.3 Å². The predicted octanol–water partition coefficient (Wildman–Crippen LogP) is 1.33. The Kier molecular flexibility index (Phi) is 4.11. The maximum absolute atomic E-state index is 11.8. The van der Waals surface area contributed by atoms with Gasteiger partial charge in [0.25, 0.3) is 0 Å². The monoisotopic (exact) mass is 256 g/mol. The molecule has 0 heterocycles. The Labute approximate surface area is 101 Å². The number of hydrogen-bond donors (Lipinski definition) is 2. The highest BCUT2D eigenvalue weighted by atomic mass is 32.2. The number of rotatable bonds is 4. The summed E-state index contributed by atoms with van der Waals surface area (Å²) < 4.78 is 23.6. The fourth-order valence-electron chi connectivity index (χ4n) is 1.37. The molecular formula is C11H16N2O3S. The summed E-state index contributed by atoms with van der Waals surface area (Å²) in [7, 11) is -3.53. The van der Waals surface area contributed by atoms with Crippen LogP contribution in [0.3, 0.4) is 0 Å². The number of sulfone groups is 1. The van der Waals surface area contributed by atoms with Crippen molar-refractivity contribution in [2.75, 3.05) is 5.75 Å². The van der Waals surface area contributed by atoms with Gasteiger partial charge in [-0.25, -0.2) is 8.42 Å². The summed E-state index contributed by atoms with van der Waals surface area (Å²) in [4.78, 5) is 0.175. The van der Waals surface area contributed by atoms with Crippen molar-refractivity contribution in [1.29, 1.82) is 0 Å². The first-order valence-corrected chi connectivity index (χ1v) is 6.81. The first kappa shape index (κ1) is 13.5. The minimum atomic E-state index is -3.53. The first-order chi connectivity index (χ1) is 7.86. The molecule has 1 aromatic carbocycles. The summed E-state index contributed by atoms with van der Waals surface area (Å²) in [5.74, 6) is -0.460. The van der Waals surface area contributed by atoms with Gasteiger partial charge in [-0.1, -0.05) is 31.1 Å². The maximum Gasteiger partial charge on any atom is 0.185 e. The molecular weight excluding hydrogens is 240 g/mol. The molecule has 0 spiro atoms. The van der Waals surface area contributed by atoms with E-state index in [-0.39, 0.29) is 10.7 Å². The Balaban J connectivity index is 3.01. The van der Waals surface area contributed by atoms with Crippen molar-refractivity contribution in [1.82, 2.24) is 0 Å². The van der Waals surface area contributed by atoms with Crippen molar-refractivity contribution in [2.24, 2.45) is 10.9 Å². The highest BCUT2D eigenvalue weighted by Crippen LogP contribution is 2.18. The van der Waals surface area contributed by atoms with Crippen LogP contribution in [0.2, 0.25) is 0 Å².